The van der Waals surface area contributed by atoms with Gasteiger partial charge in [0.2, 0.25) is 5.91 Å². The standard InChI is InChI=1S/C13H16N2O3S/c1-2-3-4-11(16)15-13(19)14-10-7-5-9(6-8-10)12(17)18/h5-8H,2-4H2,1H3,(H,17,18)(H2,14,15,16,19). The van der Waals surface area contributed by atoms with Gasteiger partial charge < -0.3 is 15.7 Å². The van der Waals surface area contributed by atoms with Crippen LogP contribution in [0.5, 0.6) is 0 Å². The highest BCUT2D eigenvalue weighted by Gasteiger charge is 2.05. The van der Waals surface area contributed by atoms with Gasteiger partial charge in [0.05, 0.1) is 5.56 Å². The van der Waals surface area contributed by atoms with Gasteiger partial charge in [-0.2, -0.15) is 0 Å². The summed E-state index contributed by atoms with van der Waals surface area (Å²) in [5.41, 5.74) is 0.828. The van der Waals surface area contributed by atoms with Crippen LogP contribution in [0.25, 0.3) is 0 Å². The topological polar surface area (TPSA) is 78.4 Å². The Bertz CT molecular complexity index is 471. The smallest absolute Gasteiger partial charge is 0.335 e. The van der Waals surface area contributed by atoms with Crippen LogP contribution in [0.4, 0.5) is 5.69 Å². The third kappa shape index (κ3) is 5.48. The third-order valence-corrected chi connectivity index (χ3v) is 2.60. The molecule has 1 amide bonds. The van der Waals surface area contributed by atoms with Crippen molar-refractivity contribution in [2.24, 2.45) is 0 Å². The lowest BCUT2D eigenvalue weighted by atomic mass is 10.2. The number of benzene rings is 1. The largest absolute Gasteiger partial charge is 0.478 e. The average Bonchev–Trinajstić information content (AvgIpc) is 2.36. The van der Waals surface area contributed by atoms with E-state index in [1.807, 2.05) is 6.92 Å². The van der Waals surface area contributed by atoms with Crippen LogP contribution >= 0.6 is 12.2 Å². The van der Waals surface area contributed by atoms with Gasteiger partial charge in [-0.25, -0.2) is 4.79 Å². The van der Waals surface area contributed by atoms with Crippen LogP contribution in [0.15, 0.2) is 24.3 Å². The summed E-state index contributed by atoms with van der Waals surface area (Å²) in [6.07, 6.45) is 2.21. The van der Waals surface area contributed by atoms with Gasteiger partial charge in [-0.05, 0) is 42.9 Å². The summed E-state index contributed by atoms with van der Waals surface area (Å²) in [5, 5.41) is 14.4. The first-order valence-electron chi connectivity index (χ1n) is 5.97. The molecule has 0 bridgehead atoms. The van der Waals surface area contributed by atoms with Gasteiger partial charge in [-0.3, -0.25) is 4.79 Å². The molecule has 0 aliphatic carbocycles. The minimum atomic E-state index is -0.984. The lowest BCUT2D eigenvalue weighted by molar-refractivity contribution is -0.119. The fourth-order valence-electron chi connectivity index (χ4n) is 1.38. The minimum absolute atomic E-state index is 0.124. The average molecular weight is 280 g/mol. The van der Waals surface area contributed by atoms with E-state index >= 15 is 0 Å². The number of amides is 1. The zero-order valence-corrected chi connectivity index (χ0v) is 11.4. The molecule has 0 radical (unpaired) electrons. The third-order valence-electron chi connectivity index (χ3n) is 2.40. The molecule has 0 fully saturated rings. The molecule has 6 heteroatoms. The van der Waals surface area contributed by atoms with E-state index in [9.17, 15) is 9.59 Å². The summed E-state index contributed by atoms with van der Waals surface area (Å²) in [5.74, 6) is -1.11. The molecule has 3 N–H and O–H groups in total. The van der Waals surface area contributed by atoms with Crippen molar-refractivity contribution in [3.05, 3.63) is 29.8 Å². The van der Waals surface area contributed by atoms with Crippen LogP contribution in [0.3, 0.4) is 0 Å². The summed E-state index contributed by atoms with van der Waals surface area (Å²) in [7, 11) is 0. The van der Waals surface area contributed by atoms with E-state index in [4.69, 9.17) is 17.3 Å². The molecule has 0 saturated carbocycles. The van der Waals surface area contributed by atoms with E-state index < -0.39 is 5.97 Å². The fourth-order valence-corrected chi connectivity index (χ4v) is 1.62. The van der Waals surface area contributed by atoms with Crippen LogP contribution in [0, 0.1) is 0 Å². The van der Waals surface area contributed by atoms with Crippen molar-refractivity contribution < 1.29 is 14.7 Å². The Morgan fingerprint density at radius 3 is 2.42 bits per heavy atom. The Hall–Kier alpha value is -1.95. The maximum Gasteiger partial charge on any atom is 0.335 e. The summed E-state index contributed by atoms with van der Waals surface area (Å²) in [6, 6.07) is 6.11. The molecule has 1 aromatic rings. The van der Waals surface area contributed by atoms with E-state index in [2.05, 4.69) is 10.6 Å². The van der Waals surface area contributed by atoms with Crippen molar-refractivity contribution in [3.63, 3.8) is 0 Å². The zero-order chi connectivity index (χ0) is 14.3. The number of rotatable bonds is 5. The molecule has 0 aliphatic heterocycles. The van der Waals surface area contributed by atoms with Crippen molar-refractivity contribution in [1.82, 2.24) is 5.32 Å². The molecular formula is C13H16N2O3S. The van der Waals surface area contributed by atoms with E-state index in [0.717, 1.165) is 12.8 Å². The Morgan fingerprint density at radius 1 is 1.26 bits per heavy atom. The normalized spacial score (nSPS) is 9.74. The predicted molar refractivity (Wildman–Crippen MR) is 77.3 cm³/mol. The van der Waals surface area contributed by atoms with Crippen molar-refractivity contribution >= 4 is 34.9 Å². The Labute approximate surface area is 117 Å². The molecule has 0 aliphatic rings. The number of anilines is 1. The van der Waals surface area contributed by atoms with Crippen molar-refractivity contribution in [1.29, 1.82) is 0 Å². The SMILES string of the molecule is CCCCC(=O)NC(=S)Nc1ccc(C(=O)O)cc1. The second-order valence-corrected chi connectivity index (χ2v) is 4.40. The van der Waals surface area contributed by atoms with E-state index in [1.165, 1.54) is 12.1 Å². The monoisotopic (exact) mass is 280 g/mol. The quantitative estimate of drug-likeness (QED) is 0.722. The number of carbonyl (C=O) groups is 2. The highest BCUT2D eigenvalue weighted by molar-refractivity contribution is 7.80. The number of thiocarbonyl (C=S) groups is 1. The number of hydrogen-bond acceptors (Lipinski definition) is 3. The molecule has 102 valence electrons. The first-order valence-corrected chi connectivity index (χ1v) is 6.38. The van der Waals surface area contributed by atoms with Gasteiger partial charge in [-0.15, -0.1) is 0 Å². The lowest BCUT2D eigenvalue weighted by Crippen LogP contribution is -2.33. The number of nitrogens with one attached hydrogen (secondary N) is 2. The number of carboxylic acid groups (broad SMARTS) is 1. The van der Waals surface area contributed by atoms with Crippen LogP contribution in [0.2, 0.25) is 0 Å². The number of carbonyl (C=O) groups excluding carboxylic acids is 1. The first-order chi connectivity index (χ1) is 9.02. The highest BCUT2D eigenvalue weighted by Crippen LogP contribution is 2.09. The molecule has 0 atom stereocenters. The van der Waals surface area contributed by atoms with Gasteiger partial charge in [-0.1, -0.05) is 13.3 Å². The number of hydrogen-bond donors (Lipinski definition) is 3. The number of unbranched alkanes of at least 4 members (excludes halogenated alkanes) is 1. The summed E-state index contributed by atoms with van der Waals surface area (Å²) < 4.78 is 0. The van der Waals surface area contributed by atoms with Crippen LogP contribution in [0.1, 0.15) is 36.5 Å². The maximum atomic E-state index is 11.4. The number of aromatic carboxylic acids is 1. The predicted octanol–water partition coefficient (Wildman–Crippen LogP) is 2.39. The number of carboxylic acids is 1. The fraction of sp³-hybridized carbons (Fsp3) is 0.308. The van der Waals surface area contributed by atoms with E-state index in [0.29, 0.717) is 12.1 Å². The van der Waals surface area contributed by atoms with Crippen LogP contribution in [-0.4, -0.2) is 22.1 Å². The van der Waals surface area contributed by atoms with Gasteiger partial charge in [0.1, 0.15) is 0 Å². The molecule has 19 heavy (non-hydrogen) atoms. The molecule has 5 nitrogen and oxygen atoms in total. The maximum absolute atomic E-state index is 11.4. The van der Waals surface area contributed by atoms with E-state index in [1.54, 1.807) is 12.1 Å². The zero-order valence-electron chi connectivity index (χ0n) is 10.6. The molecule has 0 heterocycles. The van der Waals surface area contributed by atoms with Crippen LogP contribution in [-0.2, 0) is 4.79 Å². The van der Waals surface area contributed by atoms with Gasteiger partial charge >= 0.3 is 5.97 Å². The second-order valence-electron chi connectivity index (χ2n) is 3.99. The highest BCUT2D eigenvalue weighted by atomic mass is 32.1. The molecule has 0 saturated heterocycles. The van der Waals surface area contributed by atoms with Gasteiger partial charge in [0, 0.05) is 12.1 Å². The van der Waals surface area contributed by atoms with Crippen molar-refractivity contribution in [2.45, 2.75) is 26.2 Å². The van der Waals surface area contributed by atoms with Gasteiger partial charge in [0.25, 0.3) is 0 Å². The second kappa shape index (κ2) is 7.48. The van der Waals surface area contributed by atoms with Crippen molar-refractivity contribution in [3.8, 4) is 0 Å². The van der Waals surface area contributed by atoms with Gasteiger partial charge in [0.15, 0.2) is 5.11 Å². The molecule has 0 unspecified atom stereocenters. The molecule has 1 aromatic carbocycles. The molecule has 0 spiro atoms. The molecular weight excluding hydrogens is 264 g/mol. The Balaban J connectivity index is 2.48. The minimum Gasteiger partial charge on any atom is -0.478 e. The lowest BCUT2D eigenvalue weighted by Gasteiger charge is -2.09. The molecule has 0 aromatic heterocycles. The summed E-state index contributed by atoms with van der Waals surface area (Å²) in [6.45, 7) is 2.01. The Morgan fingerprint density at radius 2 is 1.89 bits per heavy atom. The summed E-state index contributed by atoms with van der Waals surface area (Å²) in [4.78, 5) is 22.1. The van der Waals surface area contributed by atoms with Crippen LogP contribution < -0.4 is 10.6 Å². The van der Waals surface area contributed by atoms with Crippen molar-refractivity contribution in [2.75, 3.05) is 5.32 Å². The summed E-state index contributed by atoms with van der Waals surface area (Å²) >= 11 is 4.99. The Kier molecular flexibility index (Phi) is 5.95. The molecule has 1 rings (SSSR count). The first kappa shape index (κ1) is 15.1. The van der Waals surface area contributed by atoms with E-state index in [-0.39, 0.29) is 16.6 Å².